The van der Waals surface area contributed by atoms with Crippen molar-refractivity contribution in [1.29, 1.82) is 0 Å². The highest BCUT2D eigenvalue weighted by Gasteiger charge is 2.41. The largest absolute Gasteiger partial charge is 0.506 e. The minimum atomic E-state index is -0.238. The number of carbonyl (C=O) groups is 1. The zero-order valence-corrected chi connectivity index (χ0v) is 9.52. The summed E-state index contributed by atoms with van der Waals surface area (Å²) >= 11 is 0. The highest BCUT2D eigenvalue weighted by molar-refractivity contribution is 5.94. The molecule has 0 radical (unpaired) electrons. The maximum atomic E-state index is 11.8. The third-order valence-corrected chi connectivity index (χ3v) is 3.21. The van der Waals surface area contributed by atoms with Crippen molar-refractivity contribution >= 4 is 5.91 Å². The van der Waals surface area contributed by atoms with Crippen molar-refractivity contribution in [2.24, 2.45) is 5.41 Å². The zero-order chi connectivity index (χ0) is 12.3. The molecule has 1 aliphatic rings. The van der Waals surface area contributed by atoms with E-state index in [1.54, 1.807) is 0 Å². The molecule has 5 nitrogen and oxygen atoms in total. The second-order valence-corrected chi connectivity index (χ2v) is 4.59. The van der Waals surface area contributed by atoms with Gasteiger partial charge in [0.25, 0.3) is 5.91 Å². The first-order valence-electron chi connectivity index (χ1n) is 5.68. The Morgan fingerprint density at radius 2 is 2.24 bits per heavy atom. The van der Waals surface area contributed by atoms with E-state index in [4.69, 9.17) is 5.11 Å². The lowest BCUT2D eigenvalue weighted by atomic mass is 10.0. The van der Waals surface area contributed by atoms with Gasteiger partial charge in [-0.2, -0.15) is 0 Å². The van der Waals surface area contributed by atoms with Crippen LogP contribution in [0.25, 0.3) is 0 Å². The second kappa shape index (κ2) is 4.71. The van der Waals surface area contributed by atoms with Crippen LogP contribution < -0.4 is 5.32 Å². The Balaban J connectivity index is 1.90. The molecule has 0 saturated heterocycles. The van der Waals surface area contributed by atoms with Gasteiger partial charge in [-0.15, -0.1) is 0 Å². The number of aliphatic hydroxyl groups is 1. The van der Waals surface area contributed by atoms with Gasteiger partial charge in [-0.3, -0.25) is 9.78 Å². The first-order chi connectivity index (χ1) is 8.15. The van der Waals surface area contributed by atoms with E-state index in [9.17, 15) is 9.90 Å². The van der Waals surface area contributed by atoms with Gasteiger partial charge in [0.2, 0.25) is 0 Å². The third kappa shape index (κ3) is 2.94. The van der Waals surface area contributed by atoms with Gasteiger partial charge in [-0.25, -0.2) is 0 Å². The van der Waals surface area contributed by atoms with Crippen LogP contribution in [0.4, 0.5) is 0 Å². The SMILES string of the molecule is O=C(NCC1(CCO)CC1)c1cncc(O)c1. The Kier molecular flexibility index (Phi) is 3.28. The van der Waals surface area contributed by atoms with Crippen LogP contribution in [0.3, 0.4) is 0 Å². The monoisotopic (exact) mass is 236 g/mol. The fourth-order valence-corrected chi connectivity index (χ4v) is 1.85. The number of amides is 1. The van der Waals surface area contributed by atoms with E-state index in [2.05, 4.69) is 10.3 Å². The Hall–Kier alpha value is -1.62. The second-order valence-electron chi connectivity index (χ2n) is 4.59. The first-order valence-corrected chi connectivity index (χ1v) is 5.68. The Bertz CT molecular complexity index is 416. The van der Waals surface area contributed by atoms with E-state index in [0.717, 1.165) is 19.3 Å². The summed E-state index contributed by atoms with van der Waals surface area (Å²) in [6.07, 6.45) is 5.52. The molecule has 92 valence electrons. The number of pyridine rings is 1. The van der Waals surface area contributed by atoms with Gasteiger partial charge < -0.3 is 15.5 Å². The number of aliphatic hydroxyl groups excluding tert-OH is 1. The molecule has 0 unspecified atom stereocenters. The molecule has 5 heteroatoms. The van der Waals surface area contributed by atoms with E-state index in [0.29, 0.717) is 12.1 Å². The number of nitrogens with one attached hydrogen (secondary N) is 1. The number of rotatable bonds is 5. The summed E-state index contributed by atoms with van der Waals surface area (Å²) in [4.78, 5) is 15.5. The van der Waals surface area contributed by atoms with Gasteiger partial charge in [0.05, 0.1) is 11.8 Å². The molecular formula is C12H16N2O3. The summed E-state index contributed by atoms with van der Waals surface area (Å²) in [6, 6.07) is 1.38. The average molecular weight is 236 g/mol. The first kappa shape index (κ1) is 11.9. The number of hydrogen-bond donors (Lipinski definition) is 3. The summed E-state index contributed by atoms with van der Waals surface area (Å²) in [6.45, 7) is 0.728. The van der Waals surface area contributed by atoms with Crippen molar-refractivity contribution in [2.45, 2.75) is 19.3 Å². The maximum Gasteiger partial charge on any atom is 0.253 e. The molecule has 1 aliphatic carbocycles. The quantitative estimate of drug-likeness (QED) is 0.702. The molecule has 1 heterocycles. The van der Waals surface area contributed by atoms with Crippen LogP contribution in [0.5, 0.6) is 5.75 Å². The molecule has 0 spiro atoms. The van der Waals surface area contributed by atoms with E-state index < -0.39 is 0 Å². The van der Waals surface area contributed by atoms with Gasteiger partial charge in [0, 0.05) is 19.3 Å². The van der Waals surface area contributed by atoms with Gasteiger partial charge in [0.15, 0.2) is 0 Å². The minimum absolute atomic E-state index is 0.0193. The van der Waals surface area contributed by atoms with Crippen LogP contribution in [-0.2, 0) is 0 Å². The Morgan fingerprint density at radius 1 is 1.47 bits per heavy atom. The fraction of sp³-hybridized carbons (Fsp3) is 0.500. The summed E-state index contributed by atoms with van der Waals surface area (Å²) in [5, 5.41) is 20.9. The molecule has 1 fully saturated rings. The molecule has 1 aromatic heterocycles. The van der Waals surface area contributed by atoms with Crippen LogP contribution in [0, 0.1) is 5.41 Å². The van der Waals surface area contributed by atoms with E-state index in [-0.39, 0.29) is 23.7 Å². The summed E-state index contributed by atoms with van der Waals surface area (Å²) in [5.74, 6) is -0.258. The van der Waals surface area contributed by atoms with Crippen molar-refractivity contribution in [3.05, 3.63) is 24.0 Å². The maximum absolute atomic E-state index is 11.8. The Labute approximate surface area is 99.5 Å². The molecular weight excluding hydrogens is 220 g/mol. The molecule has 0 aliphatic heterocycles. The summed E-state index contributed by atoms with van der Waals surface area (Å²) in [7, 11) is 0. The van der Waals surface area contributed by atoms with Crippen LogP contribution in [0.2, 0.25) is 0 Å². The average Bonchev–Trinajstić information content (AvgIpc) is 3.07. The predicted molar refractivity (Wildman–Crippen MR) is 61.6 cm³/mol. The van der Waals surface area contributed by atoms with Gasteiger partial charge in [0.1, 0.15) is 5.75 Å². The smallest absolute Gasteiger partial charge is 0.253 e. The van der Waals surface area contributed by atoms with Crippen LogP contribution in [0.1, 0.15) is 29.6 Å². The van der Waals surface area contributed by atoms with Gasteiger partial charge in [-0.05, 0) is 30.7 Å². The summed E-state index contributed by atoms with van der Waals surface area (Å²) < 4.78 is 0. The minimum Gasteiger partial charge on any atom is -0.506 e. The van der Waals surface area contributed by atoms with E-state index in [1.807, 2.05) is 0 Å². The molecule has 0 bridgehead atoms. The molecule has 17 heavy (non-hydrogen) atoms. The summed E-state index contributed by atoms with van der Waals surface area (Å²) in [5.41, 5.74) is 0.444. The predicted octanol–water partition coefficient (Wildman–Crippen LogP) is 0.680. The number of aromatic nitrogens is 1. The zero-order valence-electron chi connectivity index (χ0n) is 9.52. The third-order valence-electron chi connectivity index (χ3n) is 3.21. The topological polar surface area (TPSA) is 82.5 Å². The Morgan fingerprint density at radius 3 is 2.82 bits per heavy atom. The lowest BCUT2D eigenvalue weighted by Gasteiger charge is -2.14. The standard InChI is InChI=1S/C12H16N2O3/c15-4-3-12(1-2-12)8-14-11(17)9-5-10(16)7-13-6-9/h5-7,15-16H,1-4,8H2,(H,14,17). The fourth-order valence-electron chi connectivity index (χ4n) is 1.85. The molecule has 1 amide bonds. The molecule has 0 atom stereocenters. The van der Waals surface area contributed by atoms with E-state index in [1.165, 1.54) is 18.5 Å². The van der Waals surface area contributed by atoms with Crippen molar-refractivity contribution < 1.29 is 15.0 Å². The van der Waals surface area contributed by atoms with Crippen LogP contribution in [0.15, 0.2) is 18.5 Å². The van der Waals surface area contributed by atoms with Crippen molar-refractivity contribution in [3.63, 3.8) is 0 Å². The van der Waals surface area contributed by atoms with Crippen molar-refractivity contribution in [1.82, 2.24) is 10.3 Å². The highest BCUT2D eigenvalue weighted by atomic mass is 16.3. The number of aromatic hydroxyl groups is 1. The van der Waals surface area contributed by atoms with E-state index >= 15 is 0 Å². The molecule has 3 N–H and O–H groups in total. The van der Waals surface area contributed by atoms with Crippen molar-refractivity contribution in [2.75, 3.05) is 13.2 Å². The highest BCUT2D eigenvalue weighted by Crippen LogP contribution is 2.47. The molecule has 1 saturated carbocycles. The number of hydrogen-bond acceptors (Lipinski definition) is 4. The lowest BCUT2D eigenvalue weighted by Crippen LogP contribution is -2.30. The molecule has 0 aromatic carbocycles. The normalized spacial score (nSPS) is 16.5. The van der Waals surface area contributed by atoms with Crippen LogP contribution >= 0.6 is 0 Å². The number of nitrogens with zero attached hydrogens (tertiary/aromatic N) is 1. The molecule has 1 aromatic rings. The van der Waals surface area contributed by atoms with Crippen LogP contribution in [-0.4, -0.2) is 34.3 Å². The van der Waals surface area contributed by atoms with Gasteiger partial charge in [-0.1, -0.05) is 0 Å². The number of carbonyl (C=O) groups excluding carboxylic acids is 1. The van der Waals surface area contributed by atoms with Crippen molar-refractivity contribution in [3.8, 4) is 5.75 Å². The van der Waals surface area contributed by atoms with Gasteiger partial charge >= 0.3 is 0 Å². The lowest BCUT2D eigenvalue weighted by molar-refractivity contribution is 0.0940. The molecule has 2 rings (SSSR count).